The van der Waals surface area contributed by atoms with Gasteiger partial charge in [-0.25, -0.2) is 0 Å². The van der Waals surface area contributed by atoms with E-state index in [9.17, 15) is 9.59 Å². The number of ether oxygens (including phenoxy) is 1. The molecule has 0 aliphatic rings. The Balaban J connectivity index is 1.99. The molecule has 0 atom stereocenters. The van der Waals surface area contributed by atoms with Gasteiger partial charge in [-0.05, 0) is 42.7 Å². The molecule has 0 heterocycles. The maximum Gasteiger partial charge on any atom is 0.313 e. The van der Waals surface area contributed by atoms with Crippen molar-refractivity contribution in [3.8, 4) is 5.75 Å². The van der Waals surface area contributed by atoms with Crippen LogP contribution in [0.1, 0.15) is 16.7 Å². The summed E-state index contributed by atoms with van der Waals surface area (Å²) in [5.41, 5.74) is 3.47. The first kappa shape index (κ1) is 16.5. The van der Waals surface area contributed by atoms with E-state index in [-0.39, 0.29) is 0 Å². The molecule has 5 heteroatoms. The van der Waals surface area contributed by atoms with Crippen molar-refractivity contribution in [2.75, 3.05) is 12.4 Å². The van der Waals surface area contributed by atoms with Gasteiger partial charge in [0.25, 0.3) is 0 Å². The molecule has 2 aromatic rings. The molecule has 23 heavy (non-hydrogen) atoms. The van der Waals surface area contributed by atoms with Gasteiger partial charge < -0.3 is 15.4 Å². The zero-order valence-electron chi connectivity index (χ0n) is 13.5. The van der Waals surface area contributed by atoms with Crippen LogP contribution in [0.15, 0.2) is 42.5 Å². The fraction of sp³-hybridized carbons (Fsp3) is 0.222. The zero-order chi connectivity index (χ0) is 16.8. The number of amides is 2. The maximum atomic E-state index is 12.0. The van der Waals surface area contributed by atoms with Gasteiger partial charge in [0.1, 0.15) is 5.75 Å². The number of anilines is 1. The van der Waals surface area contributed by atoms with Crippen LogP contribution in [0.3, 0.4) is 0 Å². The Morgan fingerprint density at radius 1 is 1.04 bits per heavy atom. The Labute approximate surface area is 135 Å². The Bertz CT molecular complexity index is 726. The molecule has 0 saturated heterocycles. The third-order valence-corrected chi connectivity index (χ3v) is 3.51. The van der Waals surface area contributed by atoms with Crippen molar-refractivity contribution in [3.63, 3.8) is 0 Å². The average molecular weight is 312 g/mol. The lowest BCUT2D eigenvalue weighted by Gasteiger charge is -2.11. The van der Waals surface area contributed by atoms with Crippen molar-refractivity contribution in [3.05, 3.63) is 59.2 Å². The molecule has 5 nitrogen and oxygen atoms in total. The fourth-order valence-electron chi connectivity index (χ4n) is 2.16. The summed E-state index contributed by atoms with van der Waals surface area (Å²) in [5, 5.41) is 5.20. The van der Waals surface area contributed by atoms with E-state index in [1.165, 1.54) is 7.11 Å². The average Bonchev–Trinajstić information content (AvgIpc) is 2.54. The number of benzene rings is 2. The minimum atomic E-state index is -0.720. The second-order valence-electron chi connectivity index (χ2n) is 5.27. The number of nitrogens with one attached hydrogen (secondary N) is 2. The monoisotopic (exact) mass is 312 g/mol. The van der Waals surface area contributed by atoms with Crippen molar-refractivity contribution in [2.45, 2.75) is 20.4 Å². The lowest BCUT2D eigenvalue weighted by Crippen LogP contribution is -2.35. The number of hydrogen-bond acceptors (Lipinski definition) is 3. The number of carbonyl (C=O) groups excluding carboxylic acids is 2. The third kappa shape index (κ3) is 4.32. The van der Waals surface area contributed by atoms with Crippen molar-refractivity contribution in [1.82, 2.24) is 5.32 Å². The van der Waals surface area contributed by atoms with Crippen LogP contribution in [-0.4, -0.2) is 18.9 Å². The summed E-state index contributed by atoms with van der Waals surface area (Å²) in [7, 11) is 1.51. The van der Waals surface area contributed by atoms with Gasteiger partial charge in [0.15, 0.2) is 0 Å². The lowest BCUT2D eigenvalue weighted by molar-refractivity contribution is -0.136. The summed E-state index contributed by atoms with van der Waals surface area (Å²) in [6, 6.07) is 13.1. The van der Waals surface area contributed by atoms with Crippen LogP contribution in [0.5, 0.6) is 5.75 Å². The highest BCUT2D eigenvalue weighted by Gasteiger charge is 2.15. The zero-order valence-corrected chi connectivity index (χ0v) is 13.5. The summed E-state index contributed by atoms with van der Waals surface area (Å²) >= 11 is 0. The van der Waals surface area contributed by atoms with E-state index in [4.69, 9.17) is 4.74 Å². The summed E-state index contributed by atoms with van der Waals surface area (Å²) in [4.78, 5) is 24.0. The number of hydrogen-bond donors (Lipinski definition) is 2. The molecule has 0 bridgehead atoms. The molecule has 2 N–H and O–H groups in total. The molecular weight excluding hydrogens is 292 g/mol. The topological polar surface area (TPSA) is 67.4 Å². The highest BCUT2D eigenvalue weighted by Crippen LogP contribution is 2.24. The van der Waals surface area contributed by atoms with E-state index in [2.05, 4.69) is 10.6 Å². The van der Waals surface area contributed by atoms with E-state index in [1.54, 1.807) is 12.1 Å². The van der Waals surface area contributed by atoms with Crippen LogP contribution in [0, 0.1) is 13.8 Å². The van der Waals surface area contributed by atoms with E-state index in [0.717, 1.165) is 16.7 Å². The van der Waals surface area contributed by atoms with Crippen molar-refractivity contribution >= 4 is 17.5 Å². The van der Waals surface area contributed by atoms with Crippen LogP contribution in [0.4, 0.5) is 5.69 Å². The van der Waals surface area contributed by atoms with Crippen molar-refractivity contribution in [2.24, 2.45) is 0 Å². The smallest absolute Gasteiger partial charge is 0.313 e. The Morgan fingerprint density at radius 2 is 1.78 bits per heavy atom. The Kier molecular flexibility index (Phi) is 5.36. The summed E-state index contributed by atoms with van der Waals surface area (Å²) in [6.45, 7) is 4.16. The molecule has 0 aliphatic heterocycles. The molecule has 0 fully saturated rings. The molecular formula is C18H20N2O3. The SMILES string of the molecule is COc1ccc(C)cc1NC(=O)C(=O)NCc1ccccc1C. The minimum Gasteiger partial charge on any atom is -0.495 e. The van der Waals surface area contributed by atoms with E-state index < -0.39 is 11.8 Å². The molecule has 2 aromatic carbocycles. The Morgan fingerprint density at radius 3 is 2.48 bits per heavy atom. The van der Waals surface area contributed by atoms with Gasteiger partial charge >= 0.3 is 11.8 Å². The lowest BCUT2D eigenvalue weighted by atomic mass is 10.1. The third-order valence-electron chi connectivity index (χ3n) is 3.51. The quantitative estimate of drug-likeness (QED) is 0.853. The molecule has 2 rings (SSSR count). The standard InChI is InChI=1S/C18H20N2O3/c1-12-8-9-16(23-3)15(10-12)20-18(22)17(21)19-11-14-7-5-4-6-13(14)2/h4-10H,11H2,1-3H3,(H,19,21)(H,20,22). The molecule has 0 radical (unpaired) electrons. The van der Waals surface area contributed by atoms with Gasteiger partial charge in [0.05, 0.1) is 12.8 Å². The van der Waals surface area contributed by atoms with Crippen LogP contribution in [0.2, 0.25) is 0 Å². The van der Waals surface area contributed by atoms with Crippen molar-refractivity contribution < 1.29 is 14.3 Å². The first-order chi connectivity index (χ1) is 11.0. The molecule has 0 saturated carbocycles. The highest BCUT2D eigenvalue weighted by atomic mass is 16.5. The minimum absolute atomic E-state index is 0.309. The number of aryl methyl sites for hydroxylation is 2. The summed E-state index contributed by atoms with van der Waals surface area (Å²) < 4.78 is 5.18. The van der Waals surface area contributed by atoms with Gasteiger partial charge in [-0.2, -0.15) is 0 Å². The molecule has 2 amide bonds. The number of rotatable bonds is 4. The van der Waals surface area contributed by atoms with E-state index >= 15 is 0 Å². The predicted molar refractivity (Wildman–Crippen MR) is 89.4 cm³/mol. The predicted octanol–water partition coefficient (Wildman–Crippen LogP) is 2.57. The van der Waals surface area contributed by atoms with Crippen LogP contribution >= 0.6 is 0 Å². The normalized spacial score (nSPS) is 10.0. The molecule has 0 spiro atoms. The molecule has 0 unspecified atom stereocenters. The van der Waals surface area contributed by atoms with Gasteiger partial charge in [-0.15, -0.1) is 0 Å². The van der Waals surface area contributed by atoms with Crippen LogP contribution in [0.25, 0.3) is 0 Å². The second-order valence-corrected chi connectivity index (χ2v) is 5.27. The Hall–Kier alpha value is -2.82. The number of methoxy groups -OCH3 is 1. The molecule has 0 aromatic heterocycles. The largest absolute Gasteiger partial charge is 0.495 e. The second kappa shape index (κ2) is 7.45. The molecule has 120 valence electrons. The van der Waals surface area contributed by atoms with Crippen molar-refractivity contribution in [1.29, 1.82) is 0 Å². The summed E-state index contributed by atoms with van der Waals surface area (Å²) in [6.07, 6.45) is 0. The van der Waals surface area contributed by atoms with Gasteiger partial charge in [-0.1, -0.05) is 30.3 Å². The molecule has 0 aliphatic carbocycles. The van der Waals surface area contributed by atoms with Crippen LogP contribution < -0.4 is 15.4 Å². The summed E-state index contributed by atoms with van der Waals surface area (Å²) in [5.74, 6) is -0.894. The maximum absolute atomic E-state index is 12.0. The fourth-order valence-corrected chi connectivity index (χ4v) is 2.16. The number of carbonyl (C=O) groups is 2. The van der Waals surface area contributed by atoms with Crippen LogP contribution in [-0.2, 0) is 16.1 Å². The first-order valence-electron chi connectivity index (χ1n) is 7.29. The van der Waals surface area contributed by atoms with E-state index in [1.807, 2.05) is 44.2 Å². The van der Waals surface area contributed by atoms with Gasteiger partial charge in [0, 0.05) is 6.54 Å². The van der Waals surface area contributed by atoms with E-state index in [0.29, 0.717) is 18.0 Å². The first-order valence-corrected chi connectivity index (χ1v) is 7.29. The van der Waals surface area contributed by atoms with Gasteiger partial charge in [-0.3, -0.25) is 9.59 Å². The van der Waals surface area contributed by atoms with Gasteiger partial charge in [0.2, 0.25) is 0 Å². The highest BCUT2D eigenvalue weighted by molar-refractivity contribution is 6.39.